The number of halogens is 3. The third-order valence-electron chi connectivity index (χ3n) is 4.43. The zero-order valence-electron chi connectivity index (χ0n) is 14.4. The van der Waals surface area contributed by atoms with E-state index in [1.165, 1.54) is 24.4 Å². The summed E-state index contributed by atoms with van der Waals surface area (Å²) in [5.41, 5.74) is 0.0628. The van der Waals surface area contributed by atoms with Crippen LogP contribution in [-0.4, -0.2) is 16.8 Å². The summed E-state index contributed by atoms with van der Waals surface area (Å²) < 4.78 is 38.9. The minimum Gasteiger partial charge on any atom is -0.269 e. The van der Waals surface area contributed by atoms with Crippen LogP contribution in [0.25, 0.3) is 0 Å². The topological polar surface area (TPSA) is 63.4 Å². The molecule has 1 unspecified atom stereocenters. The molecule has 0 spiro atoms. The van der Waals surface area contributed by atoms with Crippen molar-refractivity contribution in [3.8, 4) is 0 Å². The van der Waals surface area contributed by atoms with E-state index in [1.54, 1.807) is 31.2 Å². The summed E-state index contributed by atoms with van der Waals surface area (Å²) in [5.74, 6) is 5.52. The predicted molar refractivity (Wildman–Crippen MR) is 93.7 cm³/mol. The SMILES string of the molecule is Cc1ccccc1[N+]1(N)C=CC(=O)N(Cc2ccccc2C(F)(F)F)C1=O. The summed E-state index contributed by atoms with van der Waals surface area (Å²) in [6.45, 7) is 1.23. The molecule has 0 bridgehead atoms. The molecule has 0 saturated carbocycles. The molecule has 3 rings (SSSR count). The molecule has 0 fully saturated rings. The van der Waals surface area contributed by atoms with Crippen molar-refractivity contribution in [2.24, 2.45) is 5.84 Å². The second kappa shape index (κ2) is 6.64. The van der Waals surface area contributed by atoms with Crippen LogP contribution >= 0.6 is 0 Å². The van der Waals surface area contributed by atoms with Gasteiger partial charge in [0.1, 0.15) is 6.20 Å². The number of imide groups is 1. The number of carbonyl (C=O) groups excluding carboxylic acids is 2. The van der Waals surface area contributed by atoms with Gasteiger partial charge in [0.2, 0.25) is 0 Å². The van der Waals surface area contributed by atoms with Crippen molar-refractivity contribution in [3.05, 3.63) is 77.5 Å². The molecule has 2 aromatic rings. The first-order valence-corrected chi connectivity index (χ1v) is 8.08. The van der Waals surface area contributed by atoms with E-state index in [1.807, 2.05) is 0 Å². The maximum atomic E-state index is 13.2. The lowest BCUT2D eigenvalue weighted by Gasteiger charge is -2.33. The summed E-state index contributed by atoms with van der Waals surface area (Å²) in [6, 6.07) is 10.8. The summed E-state index contributed by atoms with van der Waals surface area (Å²) in [7, 11) is 0. The molecule has 1 atom stereocenters. The molecule has 0 saturated heterocycles. The zero-order chi connectivity index (χ0) is 19.8. The highest BCUT2D eigenvalue weighted by Gasteiger charge is 2.46. The number of amides is 3. The largest absolute Gasteiger partial charge is 0.455 e. The third-order valence-corrected chi connectivity index (χ3v) is 4.43. The van der Waals surface area contributed by atoms with E-state index in [0.717, 1.165) is 17.0 Å². The number of nitrogens with zero attached hydrogens (tertiary/aromatic N) is 2. The molecule has 2 N–H and O–H groups in total. The van der Waals surface area contributed by atoms with Crippen molar-refractivity contribution < 1.29 is 22.8 Å². The summed E-state index contributed by atoms with van der Waals surface area (Å²) in [6.07, 6.45) is -2.26. The van der Waals surface area contributed by atoms with Crippen LogP contribution in [0.5, 0.6) is 0 Å². The second-order valence-corrected chi connectivity index (χ2v) is 6.24. The summed E-state index contributed by atoms with van der Waals surface area (Å²) in [5, 5.41) is 0. The number of benzene rings is 2. The molecule has 0 aliphatic carbocycles. The third kappa shape index (κ3) is 3.36. The van der Waals surface area contributed by atoms with Gasteiger partial charge in [0.15, 0.2) is 5.69 Å². The van der Waals surface area contributed by atoms with Crippen LogP contribution in [0, 0.1) is 6.92 Å². The highest BCUT2D eigenvalue weighted by atomic mass is 19.4. The van der Waals surface area contributed by atoms with E-state index in [4.69, 9.17) is 5.84 Å². The lowest BCUT2D eigenvalue weighted by atomic mass is 10.1. The van der Waals surface area contributed by atoms with Crippen LogP contribution in [0.3, 0.4) is 0 Å². The lowest BCUT2D eigenvalue weighted by Crippen LogP contribution is -2.64. The molecule has 0 radical (unpaired) electrons. The fourth-order valence-corrected chi connectivity index (χ4v) is 3.04. The molecule has 2 aromatic carbocycles. The molecule has 27 heavy (non-hydrogen) atoms. The predicted octanol–water partition coefficient (Wildman–Crippen LogP) is 3.87. The van der Waals surface area contributed by atoms with Gasteiger partial charge >= 0.3 is 12.2 Å². The Morgan fingerprint density at radius 2 is 1.67 bits per heavy atom. The first kappa shape index (κ1) is 18.8. The highest BCUT2D eigenvalue weighted by Crippen LogP contribution is 2.34. The smallest absolute Gasteiger partial charge is 0.269 e. The summed E-state index contributed by atoms with van der Waals surface area (Å²) >= 11 is 0. The lowest BCUT2D eigenvalue weighted by molar-refractivity contribution is -0.139. The number of hydrogen-bond donors (Lipinski definition) is 1. The number of nitrogens with two attached hydrogens (primary N) is 1. The van der Waals surface area contributed by atoms with E-state index < -0.39 is 34.8 Å². The minimum atomic E-state index is -4.60. The van der Waals surface area contributed by atoms with E-state index in [9.17, 15) is 22.8 Å². The molecule has 1 aliphatic heterocycles. The van der Waals surface area contributed by atoms with Crippen molar-refractivity contribution in [1.29, 1.82) is 0 Å². The molecule has 5 nitrogen and oxygen atoms in total. The molecule has 1 aliphatic rings. The first-order valence-electron chi connectivity index (χ1n) is 8.08. The van der Waals surface area contributed by atoms with E-state index >= 15 is 0 Å². The quantitative estimate of drug-likeness (QED) is 0.503. The van der Waals surface area contributed by atoms with Gasteiger partial charge in [-0.2, -0.15) is 19.0 Å². The Bertz CT molecular complexity index is 940. The van der Waals surface area contributed by atoms with Gasteiger partial charge in [-0.25, -0.2) is 9.69 Å². The van der Waals surface area contributed by atoms with E-state index in [0.29, 0.717) is 11.3 Å². The number of para-hydroxylation sites is 1. The number of aryl methyl sites for hydroxylation is 1. The van der Waals surface area contributed by atoms with Gasteiger partial charge in [-0.3, -0.25) is 4.79 Å². The van der Waals surface area contributed by atoms with E-state index in [-0.39, 0.29) is 5.56 Å². The number of urea groups is 1. The molecule has 8 heteroatoms. The Balaban J connectivity index is 2.01. The Morgan fingerprint density at radius 3 is 2.33 bits per heavy atom. The molecule has 140 valence electrons. The molecule has 3 amide bonds. The zero-order valence-corrected chi connectivity index (χ0v) is 14.4. The monoisotopic (exact) mass is 376 g/mol. The van der Waals surface area contributed by atoms with Gasteiger partial charge in [0, 0.05) is 11.6 Å². The van der Waals surface area contributed by atoms with Crippen LogP contribution < -0.4 is 10.4 Å². The van der Waals surface area contributed by atoms with Crippen LogP contribution in [0.1, 0.15) is 16.7 Å². The van der Waals surface area contributed by atoms with Crippen molar-refractivity contribution in [3.63, 3.8) is 0 Å². The van der Waals surface area contributed by atoms with Gasteiger partial charge < -0.3 is 0 Å². The summed E-state index contributed by atoms with van der Waals surface area (Å²) in [4.78, 5) is 26.0. The first-order chi connectivity index (χ1) is 12.6. The molecular formula is C19H17F3N3O2+. The normalized spacial score (nSPS) is 20.3. The van der Waals surface area contributed by atoms with Crippen molar-refractivity contribution in [1.82, 2.24) is 9.49 Å². The number of quaternary nitrogens is 1. The van der Waals surface area contributed by atoms with E-state index in [2.05, 4.69) is 0 Å². The number of alkyl halides is 3. The minimum absolute atomic E-state index is 0.182. The van der Waals surface area contributed by atoms with Crippen LogP contribution in [0.2, 0.25) is 0 Å². The fourth-order valence-electron chi connectivity index (χ4n) is 3.04. The van der Waals surface area contributed by atoms with Gasteiger partial charge in [-0.15, -0.1) is 4.59 Å². The Morgan fingerprint density at radius 1 is 1.04 bits per heavy atom. The Kier molecular flexibility index (Phi) is 4.63. The van der Waals surface area contributed by atoms with Crippen molar-refractivity contribution in [2.75, 3.05) is 0 Å². The van der Waals surface area contributed by atoms with Crippen LogP contribution in [0.15, 0.2) is 60.8 Å². The average molecular weight is 376 g/mol. The average Bonchev–Trinajstić information content (AvgIpc) is 2.62. The Labute approximate surface area is 153 Å². The van der Waals surface area contributed by atoms with Crippen molar-refractivity contribution in [2.45, 2.75) is 19.6 Å². The highest BCUT2D eigenvalue weighted by molar-refractivity contribution is 6.07. The number of rotatable bonds is 3. The molecule has 0 aromatic heterocycles. The van der Waals surface area contributed by atoms with Gasteiger partial charge in [-0.1, -0.05) is 36.4 Å². The maximum Gasteiger partial charge on any atom is 0.455 e. The number of hydrogen-bond acceptors (Lipinski definition) is 3. The van der Waals surface area contributed by atoms with Crippen LogP contribution in [-0.2, 0) is 17.5 Å². The van der Waals surface area contributed by atoms with Crippen LogP contribution in [0.4, 0.5) is 23.7 Å². The fraction of sp³-hybridized carbons (Fsp3) is 0.158. The second-order valence-electron chi connectivity index (χ2n) is 6.24. The Hall–Kier alpha value is -2.97. The molecular weight excluding hydrogens is 359 g/mol. The van der Waals surface area contributed by atoms with Gasteiger partial charge in [0.25, 0.3) is 5.91 Å². The number of carbonyl (C=O) groups is 2. The molecule has 1 heterocycles. The maximum absolute atomic E-state index is 13.2. The standard InChI is InChI=1S/C19H17F3N3O2/c1-13-6-2-5-9-16(13)25(23)11-10-17(26)24(18(25)27)12-14-7-3-4-8-15(14)19(20,21)22/h2-11H,12,23H2,1H3/q+1. The van der Waals surface area contributed by atoms with Gasteiger partial charge in [-0.05, 0) is 18.6 Å². The van der Waals surface area contributed by atoms with Gasteiger partial charge in [0.05, 0.1) is 18.2 Å². The van der Waals surface area contributed by atoms with Crippen molar-refractivity contribution >= 4 is 17.6 Å².